The molecule has 0 unspecified atom stereocenters. The smallest absolute Gasteiger partial charge is 0.224 e. The van der Waals surface area contributed by atoms with Gasteiger partial charge in [-0.1, -0.05) is 17.7 Å². The topological polar surface area (TPSA) is 56.8 Å². The standard InChI is InChI=1S/C19H23NO4/c1-14-6-8-15(9-7-14)24-12-4-5-19(21)20-17-13-16(22-2)10-11-18(17)23-3/h6-11,13H,4-5,12H2,1-3H3,(H,20,21). The lowest BCUT2D eigenvalue weighted by Crippen LogP contribution is -2.13. The van der Waals surface area contributed by atoms with E-state index in [1.54, 1.807) is 32.4 Å². The molecule has 0 atom stereocenters. The molecule has 0 saturated heterocycles. The second-order valence-electron chi connectivity index (χ2n) is 5.38. The van der Waals surface area contributed by atoms with E-state index in [0.29, 0.717) is 36.6 Å². The van der Waals surface area contributed by atoms with Crippen LogP contribution in [0.15, 0.2) is 42.5 Å². The number of rotatable bonds is 8. The number of carbonyl (C=O) groups is 1. The van der Waals surface area contributed by atoms with Gasteiger partial charge in [0.1, 0.15) is 17.2 Å². The number of nitrogens with one attached hydrogen (secondary N) is 1. The van der Waals surface area contributed by atoms with Crippen LogP contribution in [-0.4, -0.2) is 26.7 Å². The molecule has 2 aromatic carbocycles. The molecule has 1 N–H and O–H groups in total. The number of methoxy groups -OCH3 is 2. The van der Waals surface area contributed by atoms with Gasteiger partial charge in [-0.2, -0.15) is 0 Å². The molecule has 0 bridgehead atoms. The third kappa shape index (κ3) is 5.19. The zero-order valence-corrected chi connectivity index (χ0v) is 14.3. The highest BCUT2D eigenvalue weighted by Gasteiger charge is 2.09. The fraction of sp³-hybridized carbons (Fsp3) is 0.316. The number of benzene rings is 2. The number of aryl methyl sites for hydroxylation is 1. The molecule has 0 radical (unpaired) electrons. The van der Waals surface area contributed by atoms with Gasteiger partial charge in [0.15, 0.2) is 0 Å². The Balaban J connectivity index is 1.80. The van der Waals surface area contributed by atoms with E-state index < -0.39 is 0 Å². The minimum Gasteiger partial charge on any atom is -0.497 e. The largest absolute Gasteiger partial charge is 0.497 e. The van der Waals surface area contributed by atoms with Gasteiger partial charge in [0.2, 0.25) is 5.91 Å². The van der Waals surface area contributed by atoms with E-state index in [-0.39, 0.29) is 5.91 Å². The van der Waals surface area contributed by atoms with Crippen LogP contribution >= 0.6 is 0 Å². The monoisotopic (exact) mass is 329 g/mol. The Hall–Kier alpha value is -2.69. The average Bonchev–Trinajstić information content (AvgIpc) is 2.60. The van der Waals surface area contributed by atoms with E-state index in [9.17, 15) is 4.79 Å². The summed E-state index contributed by atoms with van der Waals surface area (Å²) in [7, 11) is 3.14. The van der Waals surface area contributed by atoms with Gasteiger partial charge in [0.05, 0.1) is 26.5 Å². The lowest BCUT2D eigenvalue weighted by Gasteiger charge is -2.12. The number of ether oxygens (including phenoxy) is 3. The van der Waals surface area contributed by atoms with Crippen molar-refractivity contribution in [1.29, 1.82) is 0 Å². The molecule has 5 heteroatoms. The Morgan fingerprint density at radius 1 is 1.00 bits per heavy atom. The lowest BCUT2D eigenvalue weighted by molar-refractivity contribution is -0.116. The summed E-state index contributed by atoms with van der Waals surface area (Å²) in [4.78, 5) is 12.1. The van der Waals surface area contributed by atoms with Crippen molar-refractivity contribution < 1.29 is 19.0 Å². The first-order valence-electron chi connectivity index (χ1n) is 7.83. The van der Waals surface area contributed by atoms with Gasteiger partial charge in [-0.05, 0) is 37.6 Å². The Morgan fingerprint density at radius 2 is 1.71 bits per heavy atom. The highest BCUT2D eigenvalue weighted by Crippen LogP contribution is 2.29. The zero-order valence-electron chi connectivity index (χ0n) is 14.3. The predicted octanol–water partition coefficient (Wildman–Crippen LogP) is 3.81. The van der Waals surface area contributed by atoms with Crippen LogP contribution in [0, 0.1) is 6.92 Å². The molecule has 0 aromatic heterocycles. The van der Waals surface area contributed by atoms with Crippen molar-refractivity contribution in [1.82, 2.24) is 0 Å². The van der Waals surface area contributed by atoms with Gasteiger partial charge < -0.3 is 19.5 Å². The Kier molecular flexibility index (Phi) is 6.49. The number of hydrogen-bond acceptors (Lipinski definition) is 4. The fourth-order valence-corrected chi connectivity index (χ4v) is 2.18. The maximum atomic E-state index is 12.1. The van der Waals surface area contributed by atoms with Crippen molar-refractivity contribution in [3.63, 3.8) is 0 Å². The highest BCUT2D eigenvalue weighted by molar-refractivity contribution is 5.92. The van der Waals surface area contributed by atoms with Crippen molar-refractivity contribution >= 4 is 11.6 Å². The zero-order chi connectivity index (χ0) is 17.4. The SMILES string of the molecule is COc1ccc(OC)c(NC(=O)CCCOc2ccc(C)cc2)c1. The molecular formula is C19H23NO4. The van der Waals surface area contributed by atoms with Crippen LogP contribution in [0.5, 0.6) is 17.2 Å². The molecule has 2 aromatic rings. The van der Waals surface area contributed by atoms with Gasteiger partial charge in [0.25, 0.3) is 0 Å². The lowest BCUT2D eigenvalue weighted by atomic mass is 10.2. The van der Waals surface area contributed by atoms with Gasteiger partial charge in [0, 0.05) is 12.5 Å². The Labute approximate surface area is 142 Å². The normalized spacial score (nSPS) is 10.1. The second kappa shape index (κ2) is 8.82. The molecule has 0 aliphatic heterocycles. The molecule has 0 aliphatic rings. The number of carbonyl (C=O) groups excluding carboxylic acids is 1. The maximum absolute atomic E-state index is 12.1. The van der Waals surface area contributed by atoms with E-state index >= 15 is 0 Å². The van der Waals surface area contributed by atoms with Crippen LogP contribution in [0.4, 0.5) is 5.69 Å². The summed E-state index contributed by atoms with van der Waals surface area (Å²) in [5, 5.41) is 2.84. The molecule has 5 nitrogen and oxygen atoms in total. The van der Waals surface area contributed by atoms with E-state index in [2.05, 4.69) is 5.32 Å². The summed E-state index contributed by atoms with van der Waals surface area (Å²) in [5.41, 5.74) is 1.79. The van der Waals surface area contributed by atoms with E-state index in [1.165, 1.54) is 5.56 Å². The van der Waals surface area contributed by atoms with Crippen molar-refractivity contribution in [3.8, 4) is 17.2 Å². The van der Waals surface area contributed by atoms with Gasteiger partial charge in [-0.15, -0.1) is 0 Å². The molecular weight excluding hydrogens is 306 g/mol. The minimum atomic E-state index is -0.0888. The summed E-state index contributed by atoms with van der Waals surface area (Å²) < 4.78 is 16.0. The summed E-state index contributed by atoms with van der Waals surface area (Å²) in [6.07, 6.45) is 0.998. The van der Waals surface area contributed by atoms with E-state index in [4.69, 9.17) is 14.2 Å². The molecule has 2 rings (SSSR count). The maximum Gasteiger partial charge on any atom is 0.224 e. The molecule has 1 amide bonds. The molecule has 128 valence electrons. The average molecular weight is 329 g/mol. The molecule has 0 fully saturated rings. The van der Waals surface area contributed by atoms with Gasteiger partial charge in [-0.3, -0.25) is 4.79 Å². The van der Waals surface area contributed by atoms with E-state index in [0.717, 1.165) is 5.75 Å². The Morgan fingerprint density at radius 3 is 2.38 bits per heavy atom. The van der Waals surface area contributed by atoms with Crippen LogP contribution in [0.25, 0.3) is 0 Å². The van der Waals surface area contributed by atoms with Crippen molar-refractivity contribution in [3.05, 3.63) is 48.0 Å². The summed E-state index contributed by atoms with van der Waals surface area (Å²) in [6, 6.07) is 13.1. The van der Waals surface area contributed by atoms with E-state index in [1.807, 2.05) is 31.2 Å². The third-order valence-corrected chi connectivity index (χ3v) is 3.52. The third-order valence-electron chi connectivity index (χ3n) is 3.52. The first kappa shape index (κ1) is 17.7. The van der Waals surface area contributed by atoms with Crippen LogP contribution in [-0.2, 0) is 4.79 Å². The Bertz CT molecular complexity index is 668. The summed E-state index contributed by atoms with van der Waals surface area (Å²) in [6.45, 7) is 2.52. The van der Waals surface area contributed by atoms with Gasteiger partial charge in [-0.25, -0.2) is 0 Å². The molecule has 24 heavy (non-hydrogen) atoms. The van der Waals surface area contributed by atoms with Crippen molar-refractivity contribution in [2.45, 2.75) is 19.8 Å². The van der Waals surface area contributed by atoms with Crippen molar-refractivity contribution in [2.75, 3.05) is 26.1 Å². The highest BCUT2D eigenvalue weighted by atomic mass is 16.5. The molecule has 0 aliphatic carbocycles. The summed E-state index contributed by atoms with van der Waals surface area (Å²) >= 11 is 0. The quantitative estimate of drug-likeness (QED) is 0.748. The number of anilines is 1. The van der Waals surface area contributed by atoms with Crippen LogP contribution in [0.1, 0.15) is 18.4 Å². The number of hydrogen-bond donors (Lipinski definition) is 1. The first-order valence-corrected chi connectivity index (χ1v) is 7.83. The number of amides is 1. The molecule has 0 spiro atoms. The molecule has 0 saturated carbocycles. The minimum absolute atomic E-state index is 0.0888. The second-order valence-corrected chi connectivity index (χ2v) is 5.38. The van der Waals surface area contributed by atoms with Gasteiger partial charge >= 0.3 is 0 Å². The van der Waals surface area contributed by atoms with Crippen LogP contribution in [0.2, 0.25) is 0 Å². The first-order chi connectivity index (χ1) is 11.6. The van der Waals surface area contributed by atoms with Crippen LogP contribution < -0.4 is 19.5 Å². The summed E-state index contributed by atoms with van der Waals surface area (Å²) in [5.74, 6) is 1.98. The van der Waals surface area contributed by atoms with Crippen LogP contribution in [0.3, 0.4) is 0 Å². The fourth-order valence-electron chi connectivity index (χ4n) is 2.18. The molecule has 0 heterocycles. The van der Waals surface area contributed by atoms with Crippen molar-refractivity contribution in [2.24, 2.45) is 0 Å². The predicted molar refractivity (Wildman–Crippen MR) is 94.1 cm³/mol.